The van der Waals surface area contributed by atoms with Gasteiger partial charge in [-0.05, 0) is 12.8 Å². The summed E-state index contributed by atoms with van der Waals surface area (Å²) in [5, 5.41) is 3.28. The number of rotatable bonds is 0. The van der Waals surface area contributed by atoms with Crippen LogP contribution >= 0.6 is 11.8 Å². The summed E-state index contributed by atoms with van der Waals surface area (Å²) < 4.78 is 25.9. The Morgan fingerprint density at radius 1 is 1.67 bits per heavy atom. The number of nitrogens with one attached hydrogen (secondary N) is 1. The largest absolute Gasteiger partial charge is 0.365 e. The highest BCUT2D eigenvalue weighted by atomic mass is 32.2. The zero-order valence-electron chi connectivity index (χ0n) is 8.51. The molecule has 2 atom stereocenters. The van der Waals surface area contributed by atoms with Crippen molar-refractivity contribution in [1.29, 1.82) is 0 Å². The third-order valence-electron chi connectivity index (χ3n) is 2.11. The first kappa shape index (κ1) is 12.8. The number of hydrogen-bond donors (Lipinski definition) is 3. The van der Waals surface area contributed by atoms with Gasteiger partial charge in [-0.1, -0.05) is 6.08 Å². The van der Waals surface area contributed by atoms with Gasteiger partial charge >= 0.3 is 0 Å². The Labute approximate surface area is 94.2 Å². The van der Waals surface area contributed by atoms with Gasteiger partial charge in [0.25, 0.3) is 10.1 Å². The van der Waals surface area contributed by atoms with E-state index in [1.54, 1.807) is 0 Å². The summed E-state index contributed by atoms with van der Waals surface area (Å²) in [6.07, 6.45) is 5.56. The van der Waals surface area contributed by atoms with Crippen LogP contribution in [0.2, 0.25) is 0 Å². The maximum absolute atomic E-state index is 9.19. The minimum Gasteiger partial charge on any atom is -0.365 e. The van der Waals surface area contributed by atoms with Crippen molar-refractivity contribution in [3.8, 4) is 0 Å². The van der Waals surface area contributed by atoms with Gasteiger partial charge in [-0.15, -0.1) is 11.8 Å². The van der Waals surface area contributed by atoms with E-state index in [9.17, 15) is 8.42 Å². The summed E-state index contributed by atoms with van der Waals surface area (Å²) in [5.74, 6) is 1.99. The van der Waals surface area contributed by atoms with E-state index < -0.39 is 10.1 Å². The van der Waals surface area contributed by atoms with Crippen LogP contribution in [0.1, 0.15) is 12.8 Å². The molecule has 2 rings (SSSR count). The fourth-order valence-electron chi connectivity index (χ4n) is 1.54. The van der Waals surface area contributed by atoms with Crippen molar-refractivity contribution in [2.75, 3.05) is 12.0 Å². The smallest absolute Gasteiger partial charge is 0.261 e. The lowest BCUT2D eigenvalue weighted by molar-refractivity contribution is 0.490. The maximum atomic E-state index is 9.19. The average molecular weight is 252 g/mol. The summed E-state index contributed by atoms with van der Waals surface area (Å²) in [5.41, 5.74) is 7.24. The third kappa shape index (κ3) is 5.41. The molecule has 1 saturated heterocycles. The zero-order valence-corrected chi connectivity index (χ0v) is 10.1. The van der Waals surface area contributed by atoms with E-state index in [-0.39, 0.29) is 5.50 Å². The number of allylic oxidation sites excluding steroid dienone is 2. The Hall–Kier alpha value is -0.240. The molecule has 1 heterocycles. The highest BCUT2D eigenvalue weighted by molar-refractivity contribution is 7.99. The number of nitrogens with two attached hydrogens (primary N) is 1. The van der Waals surface area contributed by atoms with Crippen LogP contribution in [0.5, 0.6) is 0 Å². The van der Waals surface area contributed by atoms with Crippen LogP contribution in [-0.4, -0.2) is 30.5 Å². The molecule has 2 unspecified atom stereocenters. The highest BCUT2D eigenvalue weighted by Gasteiger charge is 2.25. The van der Waals surface area contributed by atoms with Crippen LogP contribution in [0.15, 0.2) is 11.8 Å². The minimum atomic E-state index is -3.67. The molecule has 0 saturated carbocycles. The molecule has 0 aromatic carbocycles. The lowest BCUT2D eigenvalue weighted by atomic mass is 10.1. The molecule has 0 spiro atoms. The minimum absolute atomic E-state index is 0.139. The quantitative estimate of drug-likeness (QED) is 0.539. The van der Waals surface area contributed by atoms with Gasteiger partial charge in [0, 0.05) is 17.4 Å². The van der Waals surface area contributed by atoms with Gasteiger partial charge in [0.1, 0.15) is 5.50 Å². The first-order valence-corrected chi connectivity index (χ1v) is 7.52. The Bertz CT molecular complexity index is 332. The molecule has 1 aliphatic heterocycles. The molecule has 0 aromatic heterocycles. The van der Waals surface area contributed by atoms with E-state index >= 15 is 0 Å². The van der Waals surface area contributed by atoms with Gasteiger partial charge in [0.15, 0.2) is 0 Å². The van der Waals surface area contributed by atoms with Gasteiger partial charge in [-0.3, -0.25) is 4.55 Å². The molecular formula is C8H16N2O3S2. The maximum Gasteiger partial charge on any atom is 0.261 e. The summed E-state index contributed by atoms with van der Waals surface area (Å²) >= 11 is 1.82. The molecule has 2 aliphatic rings. The van der Waals surface area contributed by atoms with Crippen molar-refractivity contribution < 1.29 is 13.0 Å². The standard InChI is InChI=1S/C7H12N2S.CH4O3S/c8-7-9-6-3-1-2-5(6)4-10-7;1-5(2,3)4/h3,5,7,9H,1-2,4,8H2;1H3,(H,2,3,4). The topological polar surface area (TPSA) is 92.4 Å². The van der Waals surface area contributed by atoms with Crippen molar-refractivity contribution in [2.45, 2.75) is 18.3 Å². The zero-order chi connectivity index (χ0) is 11.5. The molecule has 4 N–H and O–H groups in total. The lowest BCUT2D eigenvalue weighted by Gasteiger charge is -2.27. The highest BCUT2D eigenvalue weighted by Crippen LogP contribution is 2.31. The molecule has 88 valence electrons. The molecule has 5 nitrogen and oxygen atoms in total. The van der Waals surface area contributed by atoms with Crippen molar-refractivity contribution in [1.82, 2.24) is 5.32 Å². The molecule has 0 aromatic rings. The third-order valence-corrected chi connectivity index (χ3v) is 3.18. The van der Waals surface area contributed by atoms with Gasteiger partial charge in [-0.25, -0.2) is 0 Å². The molecule has 1 fully saturated rings. The van der Waals surface area contributed by atoms with E-state index in [2.05, 4.69) is 11.4 Å². The molecule has 1 aliphatic carbocycles. The molecule has 0 bridgehead atoms. The molecule has 0 amide bonds. The van der Waals surface area contributed by atoms with Crippen molar-refractivity contribution >= 4 is 21.9 Å². The van der Waals surface area contributed by atoms with Crippen LogP contribution in [0.4, 0.5) is 0 Å². The monoisotopic (exact) mass is 252 g/mol. The summed E-state index contributed by atoms with van der Waals surface area (Å²) in [7, 11) is -3.67. The average Bonchev–Trinajstić information content (AvgIpc) is 2.47. The van der Waals surface area contributed by atoms with Crippen molar-refractivity contribution in [3.63, 3.8) is 0 Å². The van der Waals surface area contributed by atoms with Gasteiger partial charge in [0.2, 0.25) is 0 Å². The SMILES string of the molecule is CS(=O)(=O)O.NC1NC2=CCCC2CS1. The Balaban J connectivity index is 0.000000195. The normalized spacial score (nSPS) is 29.4. The molecule has 7 heteroatoms. The van der Waals surface area contributed by atoms with E-state index in [0.29, 0.717) is 6.26 Å². The van der Waals surface area contributed by atoms with Gasteiger partial charge in [0.05, 0.1) is 6.26 Å². The van der Waals surface area contributed by atoms with Gasteiger partial charge < -0.3 is 11.1 Å². The molecular weight excluding hydrogens is 236 g/mol. The van der Waals surface area contributed by atoms with Crippen molar-refractivity contribution in [2.24, 2.45) is 11.7 Å². The molecule has 0 radical (unpaired) electrons. The summed E-state index contributed by atoms with van der Waals surface area (Å²) in [4.78, 5) is 0. The number of thioether (sulfide) groups is 1. The predicted octanol–water partition coefficient (Wildman–Crippen LogP) is 0.363. The van der Waals surface area contributed by atoms with Gasteiger partial charge in [-0.2, -0.15) is 8.42 Å². The molecule has 15 heavy (non-hydrogen) atoms. The first-order chi connectivity index (χ1) is 6.86. The Kier molecular flexibility index (Phi) is 4.45. The second-order valence-corrected chi connectivity index (χ2v) is 6.21. The second kappa shape index (κ2) is 5.20. The Morgan fingerprint density at radius 2 is 2.27 bits per heavy atom. The second-order valence-electron chi connectivity index (χ2n) is 3.57. The van der Waals surface area contributed by atoms with E-state index in [1.165, 1.54) is 24.3 Å². The predicted molar refractivity (Wildman–Crippen MR) is 61.8 cm³/mol. The van der Waals surface area contributed by atoms with E-state index in [0.717, 1.165) is 5.92 Å². The van der Waals surface area contributed by atoms with Crippen LogP contribution in [-0.2, 0) is 10.1 Å². The van der Waals surface area contributed by atoms with Crippen molar-refractivity contribution in [3.05, 3.63) is 11.8 Å². The van der Waals surface area contributed by atoms with E-state index in [4.69, 9.17) is 10.3 Å². The fourth-order valence-corrected chi connectivity index (χ4v) is 2.54. The summed E-state index contributed by atoms with van der Waals surface area (Å²) in [6.45, 7) is 0. The Morgan fingerprint density at radius 3 is 2.87 bits per heavy atom. The van der Waals surface area contributed by atoms with Crippen LogP contribution in [0.25, 0.3) is 0 Å². The fraction of sp³-hybridized carbons (Fsp3) is 0.750. The van der Waals surface area contributed by atoms with Crippen LogP contribution in [0, 0.1) is 5.92 Å². The summed E-state index contributed by atoms with van der Waals surface area (Å²) in [6, 6.07) is 0. The lowest BCUT2D eigenvalue weighted by Crippen LogP contribution is -2.40. The van der Waals surface area contributed by atoms with Crippen LogP contribution in [0.3, 0.4) is 0 Å². The first-order valence-electron chi connectivity index (χ1n) is 4.62. The number of hydrogen-bond acceptors (Lipinski definition) is 5. The van der Waals surface area contributed by atoms with Crippen LogP contribution < -0.4 is 11.1 Å². The number of fused-ring (bicyclic) bond motifs is 1. The van der Waals surface area contributed by atoms with E-state index in [1.807, 2.05) is 11.8 Å².